The van der Waals surface area contributed by atoms with E-state index in [2.05, 4.69) is 60.6 Å². The standard InChI is InChI=1S/C17H25N3O/c1-17(2,3)15-7-5-13(6-8-15)16-14(12-19-20-16)11-18-9-10-21-4/h5-8,12,18H,9-11H2,1-4H3,(H,19,20). The molecule has 0 saturated carbocycles. The van der Waals surface area contributed by atoms with Crippen molar-refractivity contribution < 1.29 is 4.74 Å². The van der Waals surface area contributed by atoms with Crippen molar-refractivity contribution >= 4 is 0 Å². The van der Waals surface area contributed by atoms with Crippen molar-refractivity contribution in [2.45, 2.75) is 32.7 Å². The van der Waals surface area contributed by atoms with Gasteiger partial charge >= 0.3 is 0 Å². The number of H-pyrrole nitrogens is 1. The SMILES string of the molecule is COCCNCc1cn[nH]c1-c1ccc(C(C)(C)C)cc1. The molecule has 0 atom stereocenters. The highest BCUT2D eigenvalue weighted by Crippen LogP contribution is 2.26. The molecule has 0 amide bonds. The minimum absolute atomic E-state index is 0.178. The zero-order valence-corrected chi connectivity index (χ0v) is 13.4. The van der Waals surface area contributed by atoms with Crippen LogP contribution in [0.25, 0.3) is 11.3 Å². The molecular formula is C17H25N3O. The fourth-order valence-electron chi connectivity index (χ4n) is 2.23. The topological polar surface area (TPSA) is 49.9 Å². The van der Waals surface area contributed by atoms with E-state index >= 15 is 0 Å². The van der Waals surface area contributed by atoms with Gasteiger partial charge < -0.3 is 10.1 Å². The Morgan fingerprint density at radius 1 is 1.19 bits per heavy atom. The van der Waals surface area contributed by atoms with Gasteiger partial charge in [0.25, 0.3) is 0 Å². The van der Waals surface area contributed by atoms with Crippen LogP contribution in [0.1, 0.15) is 31.9 Å². The summed E-state index contributed by atoms with van der Waals surface area (Å²) in [5.41, 5.74) is 4.95. The maximum Gasteiger partial charge on any atom is 0.0695 e. The van der Waals surface area contributed by atoms with Crippen LogP contribution in [0, 0.1) is 0 Å². The average Bonchev–Trinajstić information content (AvgIpc) is 2.91. The Kier molecular flexibility index (Phi) is 5.15. The first kappa shape index (κ1) is 15.7. The molecule has 21 heavy (non-hydrogen) atoms. The van der Waals surface area contributed by atoms with Gasteiger partial charge in [-0.3, -0.25) is 5.10 Å². The van der Waals surface area contributed by atoms with E-state index < -0.39 is 0 Å². The number of aromatic amines is 1. The number of methoxy groups -OCH3 is 1. The first-order valence-electron chi connectivity index (χ1n) is 7.35. The monoisotopic (exact) mass is 287 g/mol. The normalized spacial score (nSPS) is 11.8. The third-order valence-corrected chi connectivity index (χ3v) is 3.56. The van der Waals surface area contributed by atoms with Crippen molar-refractivity contribution in [3.63, 3.8) is 0 Å². The lowest BCUT2D eigenvalue weighted by Gasteiger charge is -2.19. The van der Waals surface area contributed by atoms with Gasteiger partial charge in [-0.1, -0.05) is 45.0 Å². The first-order valence-corrected chi connectivity index (χ1v) is 7.35. The minimum Gasteiger partial charge on any atom is -0.383 e. The van der Waals surface area contributed by atoms with Gasteiger partial charge in [0.05, 0.1) is 18.5 Å². The van der Waals surface area contributed by atoms with Gasteiger partial charge in [0.15, 0.2) is 0 Å². The Bertz CT molecular complexity index is 552. The van der Waals surface area contributed by atoms with E-state index in [0.717, 1.165) is 18.8 Å². The summed E-state index contributed by atoms with van der Waals surface area (Å²) in [6, 6.07) is 8.70. The number of hydrogen-bond donors (Lipinski definition) is 2. The number of ether oxygens (including phenoxy) is 1. The molecule has 1 aromatic heterocycles. The molecule has 0 bridgehead atoms. The lowest BCUT2D eigenvalue weighted by molar-refractivity contribution is 0.199. The molecule has 0 unspecified atom stereocenters. The molecule has 0 aliphatic heterocycles. The summed E-state index contributed by atoms with van der Waals surface area (Å²) in [7, 11) is 1.71. The predicted octanol–water partition coefficient (Wildman–Crippen LogP) is 3.11. The molecule has 114 valence electrons. The average molecular weight is 287 g/mol. The van der Waals surface area contributed by atoms with Crippen LogP contribution in [0.4, 0.5) is 0 Å². The summed E-state index contributed by atoms with van der Waals surface area (Å²) in [6.45, 7) is 9.02. The first-order chi connectivity index (χ1) is 10.0. The molecule has 2 aromatic rings. The van der Waals surface area contributed by atoms with Crippen LogP contribution in [0.3, 0.4) is 0 Å². The van der Waals surface area contributed by atoms with Crippen LogP contribution < -0.4 is 5.32 Å². The summed E-state index contributed by atoms with van der Waals surface area (Å²) < 4.78 is 5.04. The quantitative estimate of drug-likeness (QED) is 0.803. The Morgan fingerprint density at radius 2 is 1.90 bits per heavy atom. The van der Waals surface area contributed by atoms with Crippen LogP contribution in [0.15, 0.2) is 30.5 Å². The molecule has 2 rings (SSSR count). The second-order valence-electron chi connectivity index (χ2n) is 6.27. The largest absolute Gasteiger partial charge is 0.383 e. The highest BCUT2D eigenvalue weighted by molar-refractivity contribution is 5.63. The lowest BCUT2D eigenvalue weighted by atomic mass is 9.86. The van der Waals surface area contributed by atoms with Crippen LogP contribution >= 0.6 is 0 Å². The molecule has 0 aliphatic rings. The number of nitrogens with zero attached hydrogens (tertiary/aromatic N) is 1. The Labute approximate surface area is 126 Å². The minimum atomic E-state index is 0.178. The fourth-order valence-corrected chi connectivity index (χ4v) is 2.23. The summed E-state index contributed by atoms with van der Waals surface area (Å²) in [6.07, 6.45) is 1.88. The predicted molar refractivity (Wildman–Crippen MR) is 86.3 cm³/mol. The molecular weight excluding hydrogens is 262 g/mol. The second kappa shape index (κ2) is 6.87. The third kappa shape index (κ3) is 4.16. The summed E-state index contributed by atoms with van der Waals surface area (Å²) >= 11 is 0. The number of benzene rings is 1. The van der Waals surface area contributed by atoms with Crippen LogP contribution in [0.5, 0.6) is 0 Å². The lowest BCUT2D eigenvalue weighted by Crippen LogP contribution is -2.18. The molecule has 0 fully saturated rings. The summed E-state index contributed by atoms with van der Waals surface area (Å²) in [5, 5.41) is 10.6. The van der Waals surface area contributed by atoms with Crippen molar-refractivity contribution in [2.75, 3.05) is 20.3 Å². The molecule has 1 heterocycles. The second-order valence-corrected chi connectivity index (χ2v) is 6.27. The molecule has 1 aromatic carbocycles. The number of hydrogen-bond acceptors (Lipinski definition) is 3. The van der Waals surface area contributed by atoms with Gasteiger partial charge in [-0.05, 0) is 16.5 Å². The van der Waals surface area contributed by atoms with Gasteiger partial charge in [0, 0.05) is 25.8 Å². The maximum atomic E-state index is 5.04. The summed E-state index contributed by atoms with van der Waals surface area (Å²) in [4.78, 5) is 0. The van der Waals surface area contributed by atoms with Crippen LogP contribution in [-0.4, -0.2) is 30.5 Å². The van der Waals surface area contributed by atoms with Crippen molar-refractivity contribution in [3.8, 4) is 11.3 Å². The maximum absolute atomic E-state index is 5.04. The van der Waals surface area contributed by atoms with E-state index in [1.807, 2.05) is 6.20 Å². The van der Waals surface area contributed by atoms with E-state index in [9.17, 15) is 0 Å². The highest BCUT2D eigenvalue weighted by atomic mass is 16.5. The Hall–Kier alpha value is -1.65. The number of nitrogens with one attached hydrogen (secondary N) is 2. The molecule has 0 aliphatic carbocycles. The van der Waals surface area contributed by atoms with Crippen molar-refractivity contribution in [3.05, 3.63) is 41.6 Å². The molecule has 4 nitrogen and oxygen atoms in total. The van der Waals surface area contributed by atoms with Gasteiger partial charge in [-0.15, -0.1) is 0 Å². The molecule has 2 N–H and O–H groups in total. The van der Waals surface area contributed by atoms with Gasteiger partial charge in [-0.25, -0.2) is 0 Å². The Morgan fingerprint density at radius 3 is 2.52 bits per heavy atom. The van der Waals surface area contributed by atoms with E-state index in [-0.39, 0.29) is 5.41 Å². The smallest absolute Gasteiger partial charge is 0.0695 e. The number of aromatic nitrogens is 2. The van der Waals surface area contributed by atoms with E-state index in [1.165, 1.54) is 16.7 Å². The molecule has 0 spiro atoms. The van der Waals surface area contributed by atoms with Crippen molar-refractivity contribution in [1.29, 1.82) is 0 Å². The molecule has 0 radical (unpaired) electrons. The third-order valence-electron chi connectivity index (χ3n) is 3.56. The summed E-state index contributed by atoms with van der Waals surface area (Å²) in [5.74, 6) is 0. The zero-order valence-electron chi connectivity index (χ0n) is 13.4. The van der Waals surface area contributed by atoms with Crippen molar-refractivity contribution in [1.82, 2.24) is 15.5 Å². The van der Waals surface area contributed by atoms with Gasteiger partial charge in [-0.2, -0.15) is 5.10 Å². The van der Waals surface area contributed by atoms with E-state index in [1.54, 1.807) is 7.11 Å². The number of rotatable bonds is 6. The van der Waals surface area contributed by atoms with E-state index in [0.29, 0.717) is 6.61 Å². The van der Waals surface area contributed by atoms with E-state index in [4.69, 9.17) is 4.74 Å². The van der Waals surface area contributed by atoms with Gasteiger partial charge in [0.1, 0.15) is 0 Å². The molecule has 4 heteroatoms. The van der Waals surface area contributed by atoms with Crippen molar-refractivity contribution in [2.24, 2.45) is 0 Å². The van der Waals surface area contributed by atoms with Gasteiger partial charge in [0.2, 0.25) is 0 Å². The fraction of sp³-hybridized carbons (Fsp3) is 0.471. The zero-order chi connectivity index (χ0) is 15.3. The Balaban J connectivity index is 2.10. The van der Waals surface area contributed by atoms with Crippen LogP contribution in [-0.2, 0) is 16.7 Å². The highest BCUT2D eigenvalue weighted by Gasteiger charge is 2.14. The van der Waals surface area contributed by atoms with Crippen LogP contribution in [0.2, 0.25) is 0 Å². The molecule has 0 saturated heterocycles.